The molecule has 0 radical (unpaired) electrons. The number of carbonyl (C=O) groups is 2. The molecule has 3 rings (SSSR count). The number of amides is 2. The normalized spacial score (nSPS) is 11.4. The molecule has 27 heavy (non-hydrogen) atoms. The highest BCUT2D eigenvalue weighted by Crippen LogP contribution is 2.10. The van der Waals surface area contributed by atoms with Crippen molar-refractivity contribution in [2.75, 3.05) is 5.32 Å². The molecule has 2 aromatic carbocycles. The Hall–Kier alpha value is -3.47. The maximum Gasteiger partial charge on any atom is 0.251 e. The summed E-state index contributed by atoms with van der Waals surface area (Å²) in [5.74, 6) is -0.128. The van der Waals surface area contributed by atoms with Gasteiger partial charge in [-0.15, -0.1) is 0 Å². The smallest absolute Gasteiger partial charge is 0.251 e. The molecule has 0 bridgehead atoms. The maximum atomic E-state index is 12.8. The molecule has 1 atom stereocenters. The summed E-state index contributed by atoms with van der Waals surface area (Å²) in [7, 11) is 0. The van der Waals surface area contributed by atoms with Gasteiger partial charge in [0.15, 0.2) is 0 Å². The van der Waals surface area contributed by atoms with Gasteiger partial charge in [0.05, 0.1) is 0 Å². The zero-order chi connectivity index (χ0) is 19.1. The number of hydrogen-bond donors (Lipinski definition) is 2. The topological polar surface area (TPSA) is 71.1 Å². The lowest BCUT2D eigenvalue weighted by atomic mass is 10.0. The molecule has 1 aromatic heterocycles. The van der Waals surface area contributed by atoms with Crippen molar-refractivity contribution in [1.82, 2.24) is 10.3 Å². The zero-order valence-corrected chi connectivity index (χ0v) is 15.1. The van der Waals surface area contributed by atoms with Crippen LogP contribution in [-0.2, 0) is 11.2 Å². The van der Waals surface area contributed by atoms with Crippen molar-refractivity contribution in [3.8, 4) is 0 Å². The number of aromatic nitrogens is 1. The van der Waals surface area contributed by atoms with E-state index in [0.29, 0.717) is 17.8 Å². The summed E-state index contributed by atoms with van der Waals surface area (Å²) >= 11 is 0. The first-order valence-corrected chi connectivity index (χ1v) is 8.75. The Morgan fingerprint density at radius 3 is 2.30 bits per heavy atom. The number of pyridine rings is 1. The maximum absolute atomic E-state index is 12.8. The molecule has 0 aliphatic carbocycles. The van der Waals surface area contributed by atoms with Gasteiger partial charge >= 0.3 is 0 Å². The van der Waals surface area contributed by atoms with Gasteiger partial charge in [0, 0.05) is 18.2 Å². The van der Waals surface area contributed by atoms with Crippen LogP contribution in [0.15, 0.2) is 79.0 Å². The minimum Gasteiger partial charge on any atom is -0.340 e. The van der Waals surface area contributed by atoms with Gasteiger partial charge in [0.2, 0.25) is 5.91 Å². The third-order valence-corrected chi connectivity index (χ3v) is 4.11. The number of benzene rings is 2. The molecule has 0 aliphatic heterocycles. The first-order chi connectivity index (χ1) is 13.1. The molecule has 0 saturated carbocycles. The SMILES string of the molecule is Cc1ccnc(NC(=O)[C@@H](Cc2ccccc2)NC(=O)c2ccccc2)c1. The van der Waals surface area contributed by atoms with Gasteiger partial charge in [0.1, 0.15) is 11.9 Å². The molecule has 5 heteroatoms. The van der Waals surface area contributed by atoms with E-state index >= 15 is 0 Å². The van der Waals surface area contributed by atoms with Gasteiger partial charge in [-0.2, -0.15) is 0 Å². The van der Waals surface area contributed by atoms with E-state index in [1.54, 1.807) is 36.5 Å². The number of nitrogens with zero attached hydrogens (tertiary/aromatic N) is 1. The van der Waals surface area contributed by atoms with Gasteiger partial charge < -0.3 is 10.6 Å². The summed E-state index contributed by atoms with van der Waals surface area (Å²) in [5.41, 5.74) is 2.47. The first-order valence-electron chi connectivity index (χ1n) is 8.75. The fourth-order valence-electron chi connectivity index (χ4n) is 2.71. The molecule has 0 spiro atoms. The van der Waals surface area contributed by atoms with Gasteiger partial charge in [0.25, 0.3) is 5.91 Å². The van der Waals surface area contributed by atoms with Gasteiger partial charge in [-0.1, -0.05) is 48.5 Å². The molecule has 0 saturated heterocycles. The quantitative estimate of drug-likeness (QED) is 0.709. The van der Waals surface area contributed by atoms with Crippen LogP contribution in [0.25, 0.3) is 0 Å². The average molecular weight is 359 g/mol. The van der Waals surface area contributed by atoms with Crippen LogP contribution in [0.3, 0.4) is 0 Å². The van der Waals surface area contributed by atoms with Crippen LogP contribution in [0.5, 0.6) is 0 Å². The van der Waals surface area contributed by atoms with E-state index in [-0.39, 0.29) is 11.8 Å². The van der Waals surface area contributed by atoms with Crippen molar-refractivity contribution in [3.05, 3.63) is 95.7 Å². The van der Waals surface area contributed by atoms with Crippen LogP contribution in [0.2, 0.25) is 0 Å². The second kappa shape index (κ2) is 8.76. The van der Waals surface area contributed by atoms with E-state index < -0.39 is 6.04 Å². The van der Waals surface area contributed by atoms with E-state index in [9.17, 15) is 9.59 Å². The standard InChI is InChI=1S/C22H21N3O2/c1-16-12-13-23-20(14-16)25-22(27)19(15-17-8-4-2-5-9-17)24-21(26)18-10-6-3-7-11-18/h2-14,19H,15H2,1H3,(H,24,26)(H,23,25,27)/t19-/m1/s1. The number of nitrogens with one attached hydrogen (secondary N) is 2. The summed E-state index contributed by atoms with van der Waals surface area (Å²) in [5, 5.41) is 5.63. The lowest BCUT2D eigenvalue weighted by Crippen LogP contribution is -2.45. The van der Waals surface area contributed by atoms with Gasteiger partial charge in [-0.25, -0.2) is 4.98 Å². The predicted octanol–water partition coefficient (Wildman–Crippen LogP) is 3.37. The third-order valence-electron chi connectivity index (χ3n) is 4.11. The molecular formula is C22H21N3O2. The van der Waals surface area contributed by atoms with Crippen LogP contribution < -0.4 is 10.6 Å². The highest BCUT2D eigenvalue weighted by atomic mass is 16.2. The summed E-state index contributed by atoms with van der Waals surface area (Å²) in [6, 6.07) is 21.4. The summed E-state index contributed by atoms with van der Waals surface area (Å²) in [6.45, 7) is 1.93. The number of anilines is 1. The van der Waals surface area contributed by atoms with Crippen molar-refractivity contribution in [2.24, 2.45) is 0 Å². The van der Waals surface area contributed by atoms with Gasteiger partial charge in [-0.05, 0) is 42.3 Å². The van der Waals surface area contributed by atoms with Crippen LogP contribution in [0, 0.1) is 6.92 Å². The van der Waals surface area contributed by atoms with E-state index in [2.05, 4.69) is 15.6 Å². The minimum atomic E-state index is -0.720. The van der Waals surface area contributed by atoms with E-state index in [1.165, 1.54) is 0 Å². The van der Waals surface area contributed by atoms with E-state index in [0.717, 1.165) is 11.1 Å². The molecule has 2 amide bonds. The molecule has 0 aliphatic rings. The molecule has 136 valence electrons. The largest absolute Gasteiger partial charge is 0.340 e. The Morgan fingerprint density at radius 1 is 0.963 bits per heavy atom. The Morgan fingerprint density at radius 2 is 1.63 bits per heavy atom. The van der Waals surface area contributed by atoms with Gasteiger partial charge in [-0.3, -0.25) is 9.59 Å². The monoisotopic (exact) mass is 359 g/mol. The predicted molar refractivity (Wildman–Crippen MR) is 105 cm³/mol. The van der Waals surface area contributed by atoms with Crippen molar-refractivity contribution >= 4 is 17.6 Å². The Labute approximate surface area is 158 Å². The van der Waals surface area contributed by atoms with E-state index in [4.69, 9.17) is 0 Å². The van der Waals surface area contributed by atoms with Crippen LogP contribution in [0.4, 0.5) is 5.82 Å². The molecule has 5 nitrogen and oxygen atoms in total. The summed E-state index contributed by atoms with van der Waals surface area (Å²) in [4.78, 5) is 29.5. The Bertz CT molecular complexity index is 911. The highest BCUT2D eigenvalue weighted by Gasteiger charge is 2.22. The number of rotatable bonds is 6. The van der Waals surface area contributed by atoms with Crippen LogP contribution >= 0.6 is 0 Å². The number of hydrogen-bond acceptors (Lipinski definition) is 3. The zero-order valence-electron chi connectivity index (χ0n) is 15.1. The van der Waals surface area contributed by atoms with Crippen LogP contribution in [-0.4, -0.2) is 22.8 Å². The second-order valence-electron chi connectivity index (χ2n) is 6.29. The van der Waals surface area contributed by atoms with Crippen molar-refractivity contribution in [1.29, 1.82) is 0 Å². The molecule has 1 heterocycles. The number of carbonyl (C=O) groups excluding carboxylic acids is 2. The summed E-state index contributed by atoms with van der Waals surface area (Å²) in [6.07, 6.45) is 2.02. The van der Waals surface area contributed by atoms with Crippen molar-refractivity contribution in [2.45, 2.75) is 19.4 Å². The van der Waals surface area contributed by atoms with E-state index in [1.807, 2.05) is 49.4 Å². The highest BCUT2D eigenvalue weighted by molar-refractivity contribution is 6.01. The first kappa shape index (κ1) is 18.3. The number of aryl methyl sites for hydroxylation is 1. The van der Waals surface area contributed by atoms with Crippen molar-refractivity contribution in [3.63, 3.8) is 0 Å². The Kier molecular flexibility index (Phi) is 5.94. The van der Waals surface area contributed by atoms with Crippen molar-refractivity contribution < 1.29 is 9.59 Å². The third kappa shape index (κ3) is 5.25. The minimum absolute atomic E-state index is 0.288. The summed E-state index contributed by atoms with van der Waals surface area (Å²) < 4.78 is 0. The fourth-order valence-corrected chi connectivity index (χ4v) is 2.71. The fraction of sp³-hybridized carbons (Fsp3) is 0.136. The average Bonchev–Trinajstić information content (AvgIpc) is 2.69. The lowest BCUT2D eigenvalue weighted by molar-refractivity contribution is -0.118. The Balaban J connectivity index is 1.78. The second-order valence-corrected chi connectivity index (χ2v) is 6.29. The molecule has 0 fully saturated rings. The lowest BCUT2D eigenvalue weighted by Gasteiger charge is -2.18. The molecule has 2 N–H and O–H groups in total. The van der Waals surface area contributed by atoms with Crippen LogP contribution in [0.1, 0.15) is 21.5 Å². The molecule has 0 unspecified atom stereocenters. The molecular weight excluding hydrogens is 338 g/mol. The molecule has 3 aromatic rings.